The van der Waals surface area contributed by atoms with Gasteiger partial charge in [0, 0.05) is 18.9 Å². The number of carbonyl (C=O) groups excluding carboxylic acids is 3. The molecule has 1 rings (SSSR count). The third-order valence-electron chi connectivity index (χ3n) is 4.75. The molecule has 1 aliphatic rings. The Morgan fingerprint density at radius 2 is 1.94 bits per heavy atom. The van der Waals surface area contributed by atoms with E-state index in [1.165, 1.54) is 6.08 Å². The van der Waals surface area contributed by atoms with Crippen molar-refractivity contribution in [1.82, 2.24) is 16.0 Å². The van der Waals surface area contributed by atoms with E-state index in [9.17, 15) is 24.0 Å². The third kappa shape index (κ3) is 9.82. The van der Waals surface area contributed by atoms with Crippen LogP contribution in [-0.2, 0) is 24.0 Å². The van der Waals surface area contributed by atoms with Crippen molar-refractivity contribution < 1.29 is 34.2 Å². The van der Waals surface area contributed by atoms with Crippen LogP contribution in [0.5, 0.6) is 0 Å². The number of carboxylic acid groups (broad SMARTS) is 2. The van der Waals surface area contributed by atoms with Crippen molar-refractivity contribution in [1.29, 1.82) is 0 Å². The van der Waals surface area contributed by atoms with Crippen molar-refractivity contribution >= 4 is 41.3 Å². The molecule has 11 heteroatoms. The van der Waals surface area contributed by atoms with Gasteiger partial charge in [-0.15, -0.1) is 11.6 Å². The Morgan fingerprint density at radius 1 is 1.23 bits per heavy atom. The lowest BCUT2D eigenvalue weighted by atomic mass is 9.98. The molecule has 31 heavy (non-hydrogen) atoms. The van der Waals surface area contributed by atoms with E-state index < -0.39 is 53.6 Å². The Labute approximate surface area is 185 Å². The van der Waals surface area contributed by atoms with Crippen LogP contribution in [0.25, 0.3) is 0 Å². The molecular weight excluding hydrogens is 430 g/mol. The van der Waals surface area contributed by atoms with E-state index in [0.717, 1.165) is 12.8 Å². The number of alkyl halides is 1. The van der Waals surface area contributed by atoms with Crippen LogP contribution >= 0.6 is 11.6 Å². The van der Waals surface area contributed by atoms with Crippen LogP contribution in [0.15, 0.2) is 12.2 Å². The van der Waals surface area contributed by atoms with Crippen molar-refractivity contribution in [3.8, 4) is 0 Å². The zero-order valence-electron chi connectivity index (χ0n) is 17.4. The number of aliphatic carboxylic acids is 2. The molecule has 1 fully saturated rings. The fourth-order valence-electron chi connectivity index (χ4n) is 3.09. The van der Waals surface area contributed by atoms with Crippen LogP contribution in [0.1, 0.15) is 51.9 Å². The van der Waals surface area contributed by atoms with Gasteiger partial charge in [-0.25, -0.2) is 0 Å². The molecule has 0 aromatic rings. The van der Waals surface area contributed by atoms with Gasteiger partial charge in [0.1, 0.15) is 17.5 Å². The summed E-state index contributed by atoms with van der Waals surface area (Å²) >= 11 is 5.90. The largest absolute Gasteiger partial charge is 0.481 e. The quantitative estimate of drug-likeness (QED) is 0.213. The highest BCUT2D eigenvalue weighted by molar-refractivity contribution is 6.30. The van der Waals surface area contributed by atoms with Crippen molar-refractivity contribution in [3.63, 3.8) is 0 Å². The number of hydrogen-bond acceptors (Lipinski definition) is 5. The highest BCUT2D eigenvalue weighted by Crippen LogP contribution is 2.18. The summed E-state index contributed by atoms with van der Waals surface area (Å²) in [5.41, 5.74) is 0. The lowest BCUT2D eigenvalue weighted by molar-refractivity contribution is -0.141. The first-order chi connectivity index (χ1) is 14.6. The first kappa shape index (κ1) is 26.4. The monoisotopic (exact) mass is 459 g/mol. The minimum Gasteiger partial charge on any atom is -0.481 e. The number of unbranched alkanes of at least 4 members (excludes halogenated alkanes) is 1. The highest BCUT2D eigenvalue weighted by Gasteiger charge is 2.31. The molecule has 1 heterocycles. The number of allylic oxidation sites excluding steroid dienone is 2. The Balaban J connectivity index is 2.84. The maximum atomic E-state index is 12.6. The van der Waals surface area contributed by atoms with Crippen LogP contribution in [0, 0.1) is 5.92 Å². The summed E-state index contributed by atoms with van der Waals surface area (Å²) < 4.78 is 0. The van der Waals surface area contributed by atoms with E-state index in [0.29, 0.717) is 25.8 Å². The molecular formula is C20H30ClN3O7. The average molecular weight is 460 g/mol. The molecule has 0 bridgehead atoms. The summed E-state index contributed by atoms with van der Waals surface area (Å²) in [5.74, 6) is -5.32. The zero-order valence-corrected chi connectivity index (χ0v) is 18.2. The molecule has 0 saturated carbocycles. The van der Waals surface area contributed by atoms with Crippen molar-refractivity contribution in [2.75, 3.05) is 6.54 Å². The van der Waals surface area contributed by atoms with Crippen molar-refractivity contribution in [3.05, 3.63) is 12.2 Å². The third-order valence-corrected chi connectivity index (χ3v) is 5.26. The molecule has 174 valence electrons. The van der Waals surface area contributed by atoms with Crippen LogP contribution in [0.3, 0.4) is 0 Å². The molecule has 0 aromatic carbocycles. The molecule has 1 saturated heterocycles. The molecule has 4 atom stereocenters. The molecule has 3 unspecified atom stereocenters. The fourth-order valence-corrected chi connectivity index (χ4v) is 3.26. The fraction of sp³-hybridized carbons (Fsp3) is 0.650. The van der Waals surface area contributed by atoms with Crippen molar-refractivity contribution in [2.45, 2.75) is 69.3 Å². The van der Waals surface area contributed by atoms with E-state index in [1.54, 1.807) is 6.08 Å². The van der Waals surface area contributed by atoms with E-state index >= 15 is 0 Å². The van der Waals surface area contributed by atoms with Gasteiger partial charge in [0.05, 0.1) is 6.42 Å². The number of amides is 3. The molecule has 0 aliphatic carbocycles. The summed E-state index contributed by atoms with van der Waals surface area (Å²) in [6.45, 7) is 2.43. The maximum absolute atomic E-state index is 12.6. The standard InChI is InChI=1S/C20H30ClN3O7/c1-2-3-4-7-12(17(21)20(30)31)10-15(25)23-14(11-16(26)27)19(29)24-13-8-5-6-9-22-18(13)28/h4,7,12-14,17H,2-3,5-6,8-11H2,1H3,(H,22,28)(H,23,25)(H,24,29)(H,26,27)(H,30,31)/b7-4+/t12?,13?,14-,17?/m0/s1. The minimum atomic E-state index is -1.42. The second kappa shape index (κ2) is 13.6. The van der Waals surface area contributed by atoms with Gasteiger partial charge in [-0.2, -0.15) is 0 Å². The predicted octanol–water partition coefficient (Wildman–Crippen LogP) is 0.785. The van der Waals surface area contributed by atoms with Gasteiger partial charge in [-0.1, -0.05) is 25.5 Å². The second-order valence-electron chi connectivity index (χ2n) is 7.39. The Kier molecular flexibility index (Phi) is 11.6. The number of nitrogens with one attached hydrogen (secondary N) is 3. The number of hydrogen-bond donors (Lipinski definition) is 5. The molecule has 0 spiro atoms. The highest BCUT2D eigenvalue weighted by atomic mass is 35.5. The smallest absolute Gasteiger partial charge is 0.322 e. The topological polar surface area (TPSA) is 162 Å². The number of carbonyl (C=O) groups is 5. The average Bonchev–Trinajstić information content (AvgIpc) is 2.90. The summed E-state index contributed by atoms with van der Waals surface area (Å²) in [7, 11) is 0. The van der Waals surface area contributed by atoms with Crippen LogP contribution in [0.2, 0.25) is 0 Å². The van der Waals surface area contributed by atoms with Crippen LogP contribution in [-0.4, -0.2) is 63.9 Å². The molecule has 1 aliphatic heterocycles. The molecule has 0 aromatic heterocycles. The summed E-state index contributed by atoms with van der Waals surface area (Å²) in [4.78, 5) is 59.5. The Bertz CT molecular complexity index is 698. The van der Waals surface area contributed by atoms with Crippen LogP contribution < -0.4 is 16.0 Å². The maximum Gasteiger partial charge on any atom is 0.322 e. The van der Waals surface area contributed by atoms with Gasteiger partial charge >= 0.3 is 11.9 Å². The Morgan fingerprint density at radius 3 is 2.55 bits per heavy atom. The van der Waals surface area contributed by atoms with Gasteiger partial charge in [-0.3, -0.25) is 24.0 Å². The summed E-state index contributed by atoms with van der Waals surface area (Å²) in [6.07, 6.45) is 5.61. The number of carboxylic acids is 2. The van der Waals surface area contributed by atoms with E-state index in [4.69, 9.17) is 21.8 Å². The van der Waals surface area contributed by atoms with E-state index in [-0.39, 0.29) is 12.3 Å². The van der Waals surface area contributed by atoms with E-state index in [1.807, 2.05) is 6.92 Å². The van der Waals surface area contributed by atoms with Crippen LogP contribution in [0.4, 0.5) is 0 Å². The van der Waals surface area contributed by atoms with Crippen molar-refractivity contribution in [2.24, 2.45) is 5.92 Å². The summed E-state index contributed by atoms with van der Waals surface area (Å²) in [5, 5.41) is 24.4. The molecule has 10 nitrogen and oxygen atoms in total. The minimum absolute atomic E-state index is 0.339. The van der Waals surface area contributed by atoms with Gasteiger partial charge in [0.25, 0.3) is 0 Å². The first-order valence-corrected chi connectivity index (χ1v) is 10.7. The predicted molar refractivity (Wildman–Crippen MR) is 112 cm³/mol. The number of rotatable bonds is 12. The Hall–Kier alpha value is -2.62. The van der Waals surface area contributed by atoms with E-state index in [2.05, 4.69) is 16.0 Å². The summed E-state index contributed by atoms with van der Waals surface area (Å²) in [6, 6.07) is -2.23. The number of halogens is 1. The van der Waals surface area contributed by atoms with Gasteiger partial charge in [0.2, 0.25) is 17.7 Å². The molecule has 3 amide bonds. The lowest BCUT2D eigenvalue weighted by Crippen LogP contribution is -2.54. The lowest BCUT2D eigenvalue weighted by Gasteiger charge is -2.22. The normalized spacial score (nSPS) is 19.5. The van der Waals surface area contributed by atoms with Gasteiger partial charge < -0.3 is 26.2 Å². The van der Waals surface area contributed by atoms with Gasteiger partial charge in [-0.05, 0) is 25.7 Å². The molecule has 5 N–H and O–H groups in total. The zero-order chi connectivity index (χ0) is 23.4. The van der Waals surface area contributed by atoms with Gasteiger partial charge in [0.15, 0.2) is 0 Å². The SMILES string of the molecule is CCC/C=C/C(CC(=O)N[C@@H](CC(=O)O)C(=O)NC1CCCCNC1=O)C(Cl)C(=O)O. The first-order valence-electron chi connectivity index (χ1n) is 10.3. The second-order valence-corrected chi connectivity index (χ2v) is 7.86. The molecule has 0 radical (unpaired) electrons.